The Morgan fingerprint density at radius 2 is 2.21 bits per heavy atom. The van der Waals surface area contributed by atoms with Crippen LogP contribution in [0.4, 0.5) is 5.00 Å². The molecule has 0 saturated heterocycles. The first-order valence-corrected chi connectivity index (χ1v) is 7.12. The summed E-state index contributed by atoms with van der Waals surface area (Å²) in [6, 6.07) is 0. The van der Waals surface area contributed by atoms with Crippen LogP contribution in [-0.4, -0.2) is 32.2 Å². The second-order valence-corrected chi connectivity index (χ2v) is 5.25. The van der Waals surface area contributed by atoms with E-state index >= 15 is 0 Å². The number of thiophene rings is 1. The molecule has 0 spiro atoms. The molecule has 0 aliphatic heterocycles. The Kier molecular flexibility index (Phi) is 4.55. The highest BCUT2D eigenvalue weighted by molar-refractivity contribution is 7.15. The van der Waals surface area contributed by atoms with Crippen molar-refractivity contribution in [3.05, 3.63) is 16.5 Å². The van der Waals surface area contributed by atoms with Gasteiger partial charge in [-0.15, -0.1) is 11.3 Å². The second-order valence-electron chi connectivity index (χ2n) is 4.37. The SMILES string of the molecule is CCOC(=O)c1c(C2CC2)csc1NC(=O)COC. The van der Waals surface area contributed by atoms with Gasteiger partial charge in [0, 0.05) is 7.11 Å². The number of hydrogen-bond acceptors (Lipinski definition) is 5. The fourth-order valence-electron chi connectivity index (χ4n) is 1.87. The molecule has 19 heavy (non-hydrogen) atoms. The summed E-state index contributed by atoms with van der Waals surface area (Å²) < 4.78 is 9.84. The molecular weight excluding hydrogens is 266 g/mol. The van der Waals surface area contributed by atoms with Crippen molar-refractivity contribution in [3.8, 4) is 0 Å². The van der Waals surface area contributed by atoms with E-state index in [1.165, 1.54) is 18.4 Å². The number of methoxy groups -OCH3 is 1. The van der Waals surface area contributed by atoms with Gasteiger partial charge in [-0.1, -0.05) is 0 Å². The first-order chi connectivity index (χ1) is 9.17. The number of carbonyl (C=O) groups excluding carboxylic acids is 2. The minimum atomic E-state index is -0.363. The number of anilines is 1. The minimum Gasteiger partial charge on any atom is -0.462 e. The summed E-state index contributed by atoms with van der Waals surface area (Å²) in [4.78, 5) is 23.6. The molecule has 1 fully saturated rings. The number of rotatable bonds is 6. The van der Waals surface area contributed by atoms with Crippen molar-refractivity contribution in [3.63, 3.8) is 0 Å². The lowest BCUT2D eigenvalue weighted by Crippen LogP contribution is -2.18. The molecule has 1 amide bonds. The van der Waals surface area contributed by atoms with Crippen LogP contribution in [0.5, 0.6) is 0 Å². The van der Waals surface area contributed by atoms with Crippen LogP contribution in [0.3, 0.4) is 0 Å². The van der Waals surface area contributed by atoms with E-state index in [-0.39, 0.29) is 18.5 Å². The molecule has 6 heteroatoms. The van der Waals surface area contributed by atoms with Crippen molar-refractivity contribution in [1.82, 2.24) is 0 Å². The zero-order chi connectivity index (χ0) is 13.8. The lowest BCUT2D eigenvalue weighted by molar-refractivity contribution is -0.119. The summed E-state index contributed by atoms with van der Waals surface area (Å²) >= 11 is 1.36. The average Bonchev–Trinajstić information content (AvgIpc) is 3.12. The van der Waals surface area contributed by atoms with Crippen molar-refractivity contribution >= 4 is 28.2 Å². The zero-order valence-electron chi connectivity index (χ0n) is 11.0. The molecule has 0 atom stereocenters. The molecule has 1 heterocycles. The molecule has 0 bridgehead atoms. The Hall–Kier alpha value is -1.40. The van der Waals surface area contributed by atoms with E-state index in [0.717, 1.165) is 18.4 Å². The molecule has 104 valence electrons. The number of carbonyl (C=O) groups is 2. The molecule has 5 nitrogen and oxygen atoms in total. The van der Waals surface area contributed by atoms with Gasteiger partial charge in [-0.05, 0) is 36.6 Å². The Labute approximate surface area is 115 Å². The molecule has 1 aliphatic carbocycles. The molecule has 0 radical (unpaired) electrons. The van der Waals surface area contributed by atoms with Gasteiger partial charge < -0.3 is 14.8 Å². The topological polar surface area (TPSA) is 64.6 Å². The van der Waals surface area contributed by atoms with Crippen LogP contribution >= 0.6 is 11.3 Å². The van der Waals surface area contributed by atoms with E-state index in [1.54, 1.807) is 6.92 Å². The third-order valence-electron chi connectivity index (χ3n) is 2.84. The van der Waals surface area contributed by atoms with Crippen LogP contribution in [0.25, 0.3) is 0 Å². The zero-order valence-corrected chi connectivity index (χ0v) is 11.8. The molecule has 1 saturated carbocycles. The van der Waals surface area contributed by atoms with Gasteiger partial charge in [0.25, 0.3) is 5.91 Å². The Morgan fingerprint density at radius 3 is 2.79 bits per heavy atom. The van der Waals surface area contributed by atoms with Gasteiger partial charge in [-0.3, -0.25) is 4.79 Å². The monoisotopic (exact) mass is 283 g/mol. The highest BCUT2D eigenvalue weighted by Gasteiger charge is 2.32. The third-order valence-corrected chi connectivity index (χ3v) is 3.76. The van der Waals surface area contributed by atoms with Gasteiger partial charge in [-0.25, -0.2) is 4.79 Å². The fourth-order valence-corrected chi connectivity index (χ4v) is 2.91. The van der Waals surface area contributed by atoms with E-state index in [1.807, 2.05) is 5.38 Å². The Morgan fingerprint density at radius 1 is 1.47 bits per heavy atom. The van der Waals surface area contributed by atoms with Crippen molar-refractivity contribution in [2.24, 2.45) is 0 Å². The first-order valence-electron chi connectivity index (χ1n) is 6.24. The minimum absolute atomic E-state index is 0.0288. The van der Waals surface area contributed by atoms with E-state index in [4.69, 9.17) is 9.47 Å². The van der Waals surface area contributed by atoms with Crippen molar-refractivity contribution < 1.29 is 19.1 Å². The summed E-state index contributed by atoms with van der Waals surface area (Å²) in [5.41, 5.74) is 1.51. The fraction of sp³-hybridized carbons (Fsp3) is 0.538. The van der Waals surface area contributed by atoms with Gasteiger partial charge in [0.1, 0.15) is 11.6 Å². The predicted molar refractivity (Wildman–Crippen MR) is 72.8 cm³/mol. The molecule has 0 aromatic carbocycles. The van der Waals surface area contributed by atoms with Crippen LogP contribution in [0.15, 0.2) is 5.38 Å². The molecular formula is C13H17NO4S. The lowest BCUT2D eigenvalue weighted by atomic mass is 10.1. The van der Waals surface area contributed by atoms with Crippen LogP contribution in [0.1, 0.15) is 41.6 Å². The molecule has 1 aromatic rings. The Bertz CT molecular complexity index is 479. The number of amides is 1. The molecule has 1 aliphatic rings. The predicted octanol–water partition coefficient (Wildman–Crippen LogP) is 2.39. The highest BCUT2D eigenvalue weighted by Crippen LogP contribution is 2.46. The molecule has 2 rings (SSSR count). The van der Waals surface area contributed by atoms with Crippen molar-refractivity contribution in [2.75, 3.05) is 25.6 Å². The summed E-state index contributed by atoms with van der Waals surface area (Å²) in [7, 11) is 1.45. The van der Waals surface area contributed by atoms with Gasteiger partial charge in [0.05, 0.1) is 12.2 Å². The highest BCUT2D eigenvalue weighted by atomic mass is 32.1. The molecule has 1 aromatic heterocycles. The second kappa shape index (κ2) is 6.16. The summed E-state index contributed by atoms with van der Waals surface area (Å²) in [5.74, 6) is -0.195. The van der Waals surface area contributed by atoms with Gasteiger partial charge in [0.2, 0.25) is 0 Å². The smallest absolute Gasteiger partial charge is 0.341 e. The molecule has 0 unspecified atom stereocenters. The summed E-state index contributed by atoms with van der Waals surface area (Å²) in [6.07, 6.45) is 2.18. The Balaban J connectivity index is 2.22. The normalized spacial score (nSPS) is 14.2. The number of hydrogen-bond donors (Lipinski definition) is 1. The first kappa shape index (κ1) is 14.0. The van der Waals surface area contributed by atoms with E-state index in [2.05, 4.69) is 5.32 Å². The lowest BCUT2D eigenvalue weighted by Gasteiger charge is -2.07. The quantitative estimate of drug-likeness (QED) is 0.814. The number of nitrogens with one attached hydrogen (secondary N) is 1. The van der Waals surface area contributed by atoms with E-state index in [9.17, 15) is 9.59 Å². The average molecular weight is 283 g/mol. The van der Waals surface area contributed by atoms with Crippen LogP contribution in [0, 0.1) is 0 Å². The summed E-state index contributed by atoms with van der Waals surface area (Å²) in [5, 5.41) is 5.20. The van der Waals surface area contributed by atoms with Gasteiger partial charge >= 0.3 is 5.97 Å². The summed E-state index contributed by atoms with van der Waals surface area (Å²) in [6.45, 7) is 2.06. The maximum absolute atomic E-state index is 12.0. The number of ether oxygens (including phenoxy) is 2. The standard InChI is InChI=1S/C13H17NO4S/c1-3-18-13(16)11-9(8-4-5-8)7-19-12(11)14-10(15)6-17-2/h7-8H,3-6H2,1-2H3,(H,14,15). The number of esters is 1. The van der Waals surface area contributed by atoms with Crippen molar-refractivity contribution in [2.45, 2.75) is 25.7 Å². The van der Waals surface area contributed by atoms with E-state index < -0.39 is 0 Å². The van der Waals surface area contributed by atoms with Crippen molar-refractivity contribution in [1.29, 1.82) is 0 Å². The van der Waals surface area contributed by atoms with Gasteiger partial charge in [0.15, 0.2) is 0 Å². The third kappa shape index (κ3) is 3.33. The van der Waals surface area contributed by atoms with Gasteiger partial charge in [-0.2, -0.15) is 0 Å². The maximum atomic E-state index is 12.0. The largest absolute Gasteiger partial charge is 0.462 e. The van der Waals surface area contributed by atoms with Crippen LogP contribution in [0.2, 0.25) is 0 Å². The van der Waals surface area contributed by atoms with Crippen LogP contribution in [-0.2, 0) is 14.3 Å². The van der Waals surface area contributed by atoms with Crippen LogP contribution < -0.4 is 5.32 Å². The maximum Gasteiger partial charge on any atom is 0.341 e. The molecule has 1 N–H and O–H groups in total. The van der Waals surface area contributed by atoms with E-state index in [0.29, 0.717) is 23.1 Å².